The lowest BCUT2D eigenvalue weighted by molar-refractivity contribution is -0.153. The summed E-state index contributed by atoms with van der Waals surface area (Å²) in [5.74, 6) is -0.463. The van der Waals surface area contributed by atoms with Gasteiger partial charge in [-0.3, -0.25) is 4.79 Å². The van der Waals surface area contributed by atoms with Crippen LogP contribution in [0.25, 0.3) is 0 Å². The smallest absolute Gasteiger partial charge is 0.326 e. The zero-order valence-corrected chi connectivity index (χ0v) is 21.8. The van der Waals surface area contributed by atoms with Crippen molar-refractivity contribution in [1.82, 2.24) is 14.5 Å². The summed E-state index contributed by atoms with van der Waals surface area (Å²) in [6, 6.07) is 24.1. The van der Waals surface area contributed by atoms with Gasteiger partial charge in [0.25, 0.3) is 0 Å². The lowest BCUT2D eigenvalue weighted by atomic mass is 9.74. The quantitative estimate of drug-likeness (QED) is 0.394. The van der Waals surface area contributed by atoms with Crippen molar-refractivity contribution in [2.24, 2.45) is 0 Å². The molecule has 2 heterocycles. The van der Waals surface area contributed by atoms with Crippen LogP contribution in [0, 0.1) is 6.92 Å². The number of carbonyl (C=O) groups excluding carboxylic acids is 1. The van der Waals surface area contributed by atoms with Crippen molar-refractivity contribution in [3.8, 4) is 5.75 Å². The van der Waals surface area contributed by atoms with Crippen molar-refractivity contribution in [3.05, 3.63) is 119 Å². The number of carboxylic acids is 1. The third kappa shape index (κ3) is 4.45. The fourth-order valence-electron chi connectivity index (χ4n) is 5.43. The molecule has 0 radical (unpaired) electrons. The number of imidazole rings is 1. The van der Waals surface area contributed by atoms with E-state index in [-0.39, 0.29) is 18.9 Å². The first kappa shape index (κ1) is 25.3. The van der Waals surface area contributed by atoms with Gasteiger partial charge in [0.15, 0.2) is 0 Å². The molecule has 1 aliphatic rings. The van der Waals surface area contributed by atoms with Crippen molar-refractivity contribution >= 4 is 11.9 Å². The first-order valence-corrected chi connectivity index (χ1v) is 12.6. The van der Waals surface area contributed by atoms with Crippen LogP contribution in [0.5, 0.6) is 5.75 Å². The molecule has 1 atom stereocenters. The Morgan fingerprint density at radius 3 is 2.21 bits per heavy atom. The summed E-state index contributed by atoms with van der Waals surface area (Å²) in [6.07, 6.45) is 1.93. The average Bonchev–Trinajstić information content (AvgIpc) is 3.34. The van der Waals surface area contributed by atoms with Crippen LogP contribution in [-0.2, 0) is 34.5 Å². The Labute approximate surface area is 222 Å². The molecule has 1 aliphatic heterocycles. The molecule has 4 aromatic rings. The number of carboxylic acid groups (broad SMARTS) is 1. The second-order valence-corrected chi connectivity index (χ2v) is 9.92. The number of aliphatic carboxylic acids is 1. The number of aryl methyl sites for hydroxylation is 1. The molecule has 38 heavy (non-hydrogen) atoms. The van der Waals surface area contributed by atoms with Gasteiger partial charge in [-0.2, -0.15) is 0 Å². The van der Waals surface area contributed by atoms with Crippen LogP contribution in [0.4, 0.5) is 0 Å². The molecule has 0 bridgehead atoms. The molecule has 0 aliphatic carbocycles. The van der Waals surface area contributed by atoms with Crippen LogP contribution in [0.3, 0.4) is 0 Å². The summed E-state index contributed by atoms with van der Waals surface area (Å²) in [5.41, 5.74) is 4.23. The Morgan fingerprint density at radius 1 is 1.03 bits per heavy atom. The summed E-state index contributed by atoms with van der Waals surface area (Å²) in [6.45, 7) is 4.55. The number of amides is 1. The predicted molar refractivity (Wildman–Crippen MR) is 144 cm³/mol. The molecular formula is C31H31N3O4. The first-order chi connectivity index (χ1) is 18.3. The average molecular weight is 510 g/mol. The minimum absolute atomic E-state index is 0.134. The molecule has 5 rings (SSSR count). The minimum atomic E-state index is -1.06. The van der Waals surface area contributed by atoms with Crippen molar-refractivity contribution in [2.45, 2.75) is 44.8 Å². The fourth-order valence-corrected chi connectivity index (χ4v) is 5.43. The number of rotatable bonds is 7. The number of methoxy groups -OCH3 is 1. The van der Waals surface area contributed by atoms with Gasteiger partial charge >= 0.3 is 5.97 Å². The minimum Gasteiger partial charge on any atom is -0.496 e. The van der Waals surface area contributed by atoms with Crippen molar-refractivity contribution in [1.29, 1.82) is 0 Å². The standard InChI is InChI=1S/C31H31N3O4/c1-21-16-22(14-15-28(21)38-3)18-33-20-32-25-19-34(27(29(35)36)17-26(25)33)30(37)31(2,23-10-6-4-7-11-23)24-12-8-5-9-13-24/h4-16,20,27H,17-19H2,1-3H3,(H,35,36)/t27-/m0/s1. The lowest BCUT2D eigenvalue weighted by Crippen LogP contribution is -2.55. The second-order valence-electron chi connectivity index (χ2n) is 9.92. The zero-order chi connectivity index (χ0) is 26.9. The van der Waals surface area contributed by atoms with E-state index in [9.17, 15) is 14.7 Å². The molecular weight excluding hydrogens is 478 g/mol. The summed E-state index contributed by atoms with van der Waals surface area (Å²) in [4.78, 5) is 33.0. The number of nitrogens with zero attached hydrogens (tertiary/aromatic N) is 3. The predicted octanol–water partition coefficient (Wildman–Crippen LogP) is 4.59. The lowest BCUT2D eigenvalue weighted by Gasteiger charge is -2.40. The van der Waals surface area contributed by atoms with Gasteiger partial charge in [0, 0.05) is 18.7 Å². The SMILES string of the molecule is COc1ccc(Cn2cnc3c2C[C@@H](C(=O)O)N(C(=O)C(C)(c2ccccc2)c2ccccc2)C3)cc1C. The van der Waals surface area contributed by atoms with Gasteiger partial charge in [0.2, 0.25) is 5.91 Å². The first-order valence-electron chi connectivity index (χ1n) is 12.6. The van der Waals surface area contributed by atoms with Gasteiger partial charge in [-0.15, -0.1) is 0 Å². The molecule has 0 saturated heterocycles. The number of carbonyl (C=O) groups is 2. The third-order valence-corrected chi connectivity index (χ3v) is 7.60. The van der Waals surface area contributed by atoms with E-state index < -0.39 is 17.4 Å². The molecule has 1 aromatic heterocycles. The number of benzene rings is 3. The van der Waals surface area contributed by atoms with Gasteiger partial charge in [-0.1, -0.05) is 72.8 Å². The van der Waals surface area contributed by atoms with Gasteiger partial charge in [0.1, 0.15) is 11.8 Å². The molecule has 194 valence electrons. The largest absolute Gasteiger partial charge is 0.496 e. The highest BCUT2D eigenvalue weighted by atomic mass is 16.5. The number of aromatic nitrogens is 2. The second kappa shape index (κ2) is 10.2. The Hall–Kier alpha value is -4.39. The molecule has 1 N–H and O–H groups in total. The number of ether oxygens (including phenoxy) is 1. The molecule has 0 spiro atoms. The Morgan fingerprint density at radius 2 is 1.66 bits per heavy atom. The molecule has 7 nitrogen and oxygen atoms in total. The van der Waals surface area contributed by atoms with Crippen LogP contribution in [0.2, 0.25) is 0 Å². The van der Waals surface area contributed by atoms with Crippen LogP contribution in [0.15, 0.2) is 85.2 Å². The molecule has 7 heteroatoms. The summed E-state index contributed by atoms with van der Waals surface area (Å²) < 4.78 is 7.36. The Kier molecular flexibility index (Phi) is 6.76. The molecule has 3 aromatic carbocycles. The van der Waals surface area contributed by atoms with E-state index in [1.165, 1.54) is 4.90 Å². The number of fused-ring (bicyclic) bond motifs is 1. The highest BCUT2D eigenvalue weighted by molar-refractivity contribution is 5.94. The highest BCUT2D eigenvalue weighted by Crippen LogP contribution is 2.37. The van der Waals surface area contributed by atoms with Gasteiger partial charge in [-0.25, -0.2) is 9.78 Å². The van der Waals surface area contributed by atoms with E-state index >= 15 is 0 Å². The Bertz CT molecular complexity index is 1420. The van der Waals surface area contributed by atoms with Crippen LogP contribution in [-0.4, -0.2) is 44.6 Å². The van der Waals surface area contributed by atoms with Crippen LogP contribution < -0.4 is 4.74 Å². The topological polar surface area (TPSA) is 84.7 Å². The van der Waals surface area contributed by atoms with E-state index in [1.807, 2.05) is 91.2 Å². The van der Waals surface area contributed by atoms with E-state index in [2.05, 4.69) is 11.1 Å². The molecule has 0 unspecified atom stereocenters. The van der Waals surface area contributed by atoms with Crippen LogP contribution >= 0.6 is 0 Å². The van der Waals surface area contributed by atoms with E-state index in [0.29, 0.717) is 6.54 Å². The highest BCUT2D eigenvalue weighted by Gasteiger charge is 2.46. The van der Waals surface area contributed by atoms with E-state index in [0.717, 1.165) is 39.4 Å². The van der Waals surface area contributed by atoms with Gasteiger partial charge in [0.05, 0.1) is 31.1 Å². The van der Waals surface area contributed by atoms with E-state index in [1.54, 1.807) is 13.4 Å². The normalized spacial score (nSPS) is 15.1. The number of hydrogen-bond donors (Lipinski definition) is 1. The summed E-state index contributed by atoms with van der Waals surface area (Å²) in [5, 5.41) is 10.3. The zero-order valence-electron chi connectivity index (χ0n) is 21.8. The van der Waals surface area contributed by atoms with E-state index in [4.69, 9.17) is 4.74 Å². The van der Waals surface area contributed by atoms with Gasteiger partial charge in [-0.05, 0) is 42.2 Å². The van der Waals surface area contributed by atoms with Crippen molar-refractivity contribution < 1.29 is 19.4 Å². The van der Waals surface area contributed by atoms with Crippen molar-refractivity contribution in [2.75, 3.05) is 7.11 Å². The van der Waals surface area contributed by atoms with Crippen LogP contribution in [0.1, 0.15) is 40.6 Å². The molecule has 0 fully saturated rings. The monoisotopic (exact) mass is 509 g/mol. The summed E-state index contributed by atoms with van der Waals surface area (Å²) in [7, 11) is 1.65. The van der Waals surface area contributed by atoms with Crippen molar-refractivity contribution in [3.63, 3.8) is 0 Å². The maximum atomic E-state index is 14.4. The third-order valence-electron chi connectivity index (χ3n) is 7.60. The fraction of sp³-hybridized carbons (Fsp3) is 0.258. The molecule has 0 saturated carbocycles. The number of hydrogen-bond acceptors (Lipinski definition) is 4. The van der Waals surface area contributed by atoms with Gasteiger partial charge < -0.3 is 19.3 Å². The maximum absolute atomic E-state index is 14.4. The maximum Gasteiger partial charge on any atom is 0.326 e. The Balaban J connectivity index is 1.50. The molecule has 1 amide bonds. The summed E-state index contributed by atoms with van der Waals surface area (Å²) >= 11 is 0.